The molecule has 4 heteroatoms. The Bertz CT molecular complexity index is 573. The molecule has 0 aromatic heterocycles. The predicted molar refractivity (Wildman–Crippen MR) is 103 cm³/mol. The van der Waals surface area contributed by atoms with E-state index in [0.29, 0.717) is 12.3 Å². The van der Waals surface area contributed by atoms with Crippen LogP contribution in [0.25, 0.3) is 0 Å². The molecule has 0 unspecified atom stereocenters. The molecular formula is C22H36O4. The van der Waals surface area contributed by atoms with Crippen molar-refractivity contribution in [3.63, 3.8) is 0 Å². The van der Waals surface area contributed by atoms with Crippen LogP contribution in [0.3, 0.4) is 0 Å². The minimum absolute atomic E-state index is 0.00577. The fourth-order valence-electron chi connectivity index (χ4n) is 4.98. The molecule has 2 aliphatic carbocycles. The van der Waals surface area contributed by atoms with Crippen molar-refractivity contribution in [3.05, 3.63) is 24.3 Å². The molecule has 6 atom stereocenters. The lowest BCUT2D eigenvalue weighted by Gasteiger charge is -2.42. The van der Waals surface area contributed by atoms with Gasteiger partial charge in [-0.05, 0) is 69.3 Å². The number of carbonyl (C=O) groups excluding carboxylic acids is 1. The number of hydrogen-bond donors (Lipinski definition) is 2. The molecule has 0 radical (unpaired) electrons. The number of rotatable bonds is 2. The Balaban J connectivity index is 2.46. The van der Waals surface area contributed by atoms with Gasteiger partial charge >= 0.3 is 5.97 Å². The molecule has 2 aliphatic rings. The molecule has 0 aromatic rings. The highest BCUT2D eigenvalue weighted by atomic mass is 16.6. The Kier molecular flexibility index (Phi) is 6.09. The van der Waals surface area contributed by atoms with E-state index in [0.717, 1.165) is 19.3 Å². The Morgan fingerprint density at radius 2 is 1.92 bits per heavy atom. The first-order valence-corrected chi connectivity index (χ1v) is 9.83. The van der Waals surface area contributed by atoms with Crippen LogP contribution in [0.15, 0.2) is 24.3 Å². The fraction of sp³-hybridized carbons (Fsp3) is 0.773. The van der Waals surface area contributed by atoms with Crippen LogP contribution in [0.5, 0.6) is 0 Å². The number of allylic oxidation sites excluding steroid dienone is 3. The average Bonchev–Trinajstić information content (AvgIpc) is 2.81. The van der Waals surface area contributed by atoms with E-state index in [2.05, 4.69) is 26.0 Å². The Hall–Kier alpha value is -1.13. The minimum atomic E-state index is -0.864. The molecule has 2 N–H and O–H groups in total. The summed E-state index contributed by atoms with van der Waals surface area (Å²) in [6, 6.07) is 0. The van der Waals surface area contributed by atoms with Crippen molar-refractivity contribution in [1.29, 1.82) is 0 Å². The maximum absolute atomic E-state index is 11.6. The first kappa shape index (κ1) is 21.2. The normalized spacial score (nSPS) is 43.8. The highest BCUT2D eigenvalue weighted by molar-refractivity contribution is 5.66. The van der Waals surface area contributed by atoms with Crippen LogP contribution in [-0.4, -0.2) is 33.5 Å². The smallest absolute Gasteiger partial charge is 0.303 e. The van der Waals surface area contributed by atoms with Gasteiger partial charge in [0.2, 0.25) is 0 Å². The monoisotopic (exact) mass is 364 g/mol. The summed E-state index contributed by atoms with van der Waals surface area (Å²) in [6.07, 6.45) is 10.8. The van der Waals surface area contributed by atoms with Gasteiger partial charge in [-0.1, -0.05) is 32.1 Å². The molecule has 0 heterocycles. The van der Waals surface area contributed by atoms with Crippen LogP contribution in [0.4, 0.5) is 0 Å². The quantitative estimate of drug-likeness (QED) is 0.574. The number of aliphatic hydroxyl groups excluding tert-OH is 1. The molecule has 0 aromatic carbocycles. The van der Waals surface area contributed by atoms with E-state index in [1.54, 1.807) is 0 Å². The van der Waals surface area contributed by atoms with Gasteiger partial charge in [-0.3, -0.25) is 4.79 Å². The van der Waals surface area contributed by atoms with E-state index < -0.39 is 17.3 Å². The van der Waals surface area contributed by atoms with Crippen molar-refractivity contribution in [3.8, 4) is 0 Å². The largest absolute Gasteiger partial charge is 0.455 e. The van der Waals surface area contributed by atoms with Crippen LogP contribution in [0.1, 0.15) is 67.2 Å². The Morgan fingerprint density at radius 1 is 1.27 bits per heavy atom. The van der Waals surface area contributed by atoms with Gasteiger partial charge in [0.15, 0.2) is 0 Å². The highest BCUT2D eigenvalue weighted by Crippen LogP contribution is 2.54. The molecule has 1 saturated carbocycles. The van der Waals surface area contributed by atoms with Crippen molar-refractivity contribution in [2.45, 2.75) is 84.5 Å². The number of hydrogen-bond acceptors (Lipinski definition) is 4. The SMILES string of the molecule is CC(=O)O[C@]1(C)/C=C/C[C@H](C)/C=C/[C@@]2(C)CC[C@@H](C(C)(C)O)[C@@H]2[C@@H](O)C1. The lowest BCUT2D eigenvalue weighted by molar-refractivity contribution is -0.155. The minimum Gasteiger partial charge on any atom is -0.455 e. The van der Waals surface area contributed by atoms with Crippen LogP contribution in [0.2, 0.25) is 0 Å². The summed E-state index contributed by atoms with van der Waals surface area (Å²) in [4.78, 5) is 11.6. The lowest BCUT2D eigenvalue weighted by atomic mass is 9.68. The van der Waals surface area contributed by atoms with Crippen molar-refractivity contribution in [2.24, 2.45) is 23.2 Å². The van der Waals surface area contributed by atoms with Gasteiger partial charge in [0, 0.05) is 13.3 Å². The lowest BCUT2D eigenvalue weighted by Crippen LogP contribution is -2.46. The molecule has 0 amide bonds. The van der Waals surface area contributed by atoms with Gasteiger partial charge in [0.25, 0.3) is 0 Å². The van der Waals surface area contributed by atoms with E-state index in [-0.39, 0.29) is 23.2 Å². The van der Waals surface area contributed by atoms with E-state index in [4.69, 9.17) is 4.74 Å². The van der Waals surface area contributed by atoms with Crippen LogP contribution in [-0.2, 0) is 9.53 Å². The van der Waals surface area contributed by atoms with Gasteiger partial charge in [-0.25, -0.2) is 0 Å². The van der Waals surface area contributed by atoms with Crippen LogP contribution in [0, 0.1) is 23.2 Å². The van der Waals surface area contributed by atoms with Crippen LogP contribution < -0.4 is 0 Å². The Morgan fingerprint density at radius 3 is 2.50 bits per heavy atom. The molecule has 0 spiro atoms. The zero-order valence-corrected chi connectivity index (χ0v) is 17.2. The summed E-state index contributed by atoms with van der Waals surface area (Å²) < 4.78 is 5.59. The maximum Gasteiger partial charge on any atom is 0.303 e. The first-order valence-electron chi connectivity index (χ1n) is 9.83. The predicted octanol–water partition coefficient (Wildman–Crippen LogP) is 4.01. The zero-order valence-electron chi connectivity index (χ0n) is 17.2. The van der Waals surface area contributed by atoms with E-state index in [1.807, 2.05) is 32.9 Å². The number of fused-ring (bicyclic) bond motifs is 1. The third-order valence-corrected chi connectivity index (χ3v) is 6.29. The molecule has 148 valence electrons. The van der Waals surface area contributed by atoms with Crippen molar-refractivity contribution in [1.82, 2.24) is 0 Å². The molecule has 26 heavy (non-hydrogen) atoms. The topological polar surface area (TPSA) is 66.8 Å². The molecular weight excluding hydrogens is 328 g/mol. The van der Waals surface area contributed by atoms with E-state index in [1.165, 1.54) is 6.92 Å². The Labute approximate surface area is 158 Å². The van der Waals surface area contributed by atoms with Crippen LogP contribution >= 0.6 is 0 Å². The number of aliphatic hydroxyl groups is 2. The van der Waals surface area contributed by atoms with Crippen molar-refractivity contribution >= 4 is 5.97 Å². The van der Waals surface area contributed by atoms with E-state index >= 15 is 0 Å². The van der Waals surface area contributed by atoms with Gasteiger partial charge in [-0.15, -0.1) is 0 Å². The molecule has 0 aliphatic heterocycles. The molecule has 1 fully saturated rings. The highest BCUT2D eigenvalue weighted by Gasteiger charge is 2.52. The summed E-state index contributed by atoms with van der Waals surface area (Å²) in [6.45, 7) is 11.3. The third-order valence-electron chi connectivity index (χ3n) is 6.29. The first-order chi connectivity index (χ1) is 11.9. The maximum atomic E-state index is 11.6. The molecule has 0 bridgehead atoms. The third kappa shape index (κ3) is 4.77. The summed E-state index contributed by atoms with van der Waals surface area (Å²) >= 11 is 0. The van der Waals surface area contributed by atoms with E-state index in [9.17, 15) is 15.0 Å². The van der Waals surface area contributed by atoms with Gasteiger partial charge in [0.05, 0.1) is 11.7 Å². The van der Waals surface area contributed by atoms with Gasteiger partial charge in [0.1, 0.15) is 5.60 Å². The standard InChI is InChI=1S/C22H36O4/c1-15-8-7-11-22(6,26-16(2)23)14-18(24)19-17(20(3,4)25)10-13-21(19,5)12-9-15/h7,9,11-12,15,17-19,24-25H,8,10,13-14H2,1-6H3/b11-7+,12-9+/t15-,17+,18-,19+,21-,22+/m0/s1. The second kappa shape index (κ2) is 7.47. The van der Waals surface area contributed by atoms with Gasteiger partial charge < -0.3 is 14.9 Å². The molecule has 0 saturated heterocycles. The molecule has 2 rings (SSSR count). The summed E-state index contributed by atoms with van der Waals surface area (Å²) in [7, 11) is 0. The second-order valence-corrected chi connectivity index (χ2v) is 9.48. The molecule has 4 nitrogen and oxygen atoms in total. The van der Waals surface area contributed by atoms with Crippen molar-refractivity contribution < 1.29 is 19.7 Å². The summed E-state index contributed by atoms with van der Waals surface area (Å²) in [5.74, 6) is -0.0820. The average molecular weight is 365 g/mol. The number of carbonyl (C=O) groups is 1. The summed E-state index contributed by atoms with van der Waals surface area (Å²) in [5.41, 5.74) is -1.89. The zero-order chi connectivity index (χ0) is 19.8. The van der Waals surface area contributed by atoms with Gasteiger partial charge in [-0.2, -0.15) is 0 Å². The number of ether oxygens (including phenoxy) is 1. The number of esters is 1. The summed E-state index contributed by atoms with van der Waals surface area (Å²) in [5, 5.41) is 22.0. The fourth-order valence-corrected chi connectivity index (χ4v) is 4.98. The second-order valence-electron chi connectivity index (χ2n) is 9.48. The van der Waals surface area contributed by atoms with Crippen molar-refractivity contribution in [2.75, 3.05) is 0 Å².